The van der Waals surface area contributed by atoms with Crippen molar-refractivity contribution < 1.29 is 4.92 Å². The van der Waals surface area contributed by atoms with Gasteiger partial charge in [-0.15, -0.1) is 0 Å². The summed E-state index contributed by atoms with van der Waals surface area (Å²) in [5.41, 5.74) is 1.10. The van der Waals surface area contributed by atoms with Crippen molar-refractivity contribution in [3.63, 3.8) is 0 Å². The Morgan fingerprint density at radius 2 is 2.31 bits per heavy atom. The molecule has 0 unspecified atom stereocenters. The second-order valence-corrected chi connectivity index (χ2v) is 2.76. The summed E-state index contributed by atoms with van der Waals surface area (Å²) in [5, 5.41) is 10.7. The molecule has 2 rings (SSSR count). The number of fused-ring (bicyclic) bond motifs is 1. The van der Waals surface area contributed by atoms with E-state index in [4.69, 9.17) is 0 Å². The maximum Gasteiger partial charge on any atom is 0.315 e. The fourth-order valence-electron chi connectivity index (χ4n) is 1.29. The maximum atomic E-state index is 10.7. The predicted molar refractivity (Wildman–Crippen MR) is 46.6 cm³/mol. The van der Waals surface area contributed by atoms with Crippen molar-refractivity contribution in [3.05, 3.63) is 40.3 Å². The van der Waals surface area contributed by atoms with Crippen molar-refractivity contribution in [2.24, 2.45) is 0 Å². The van der Waals surface area contributed by atoms with Gasteiger partial charge in [-0.25, -0.2) is 4.98 Å². The van der Waals surface area contributed by atoms with Crippen LogP contribution in [0, 0.1) is 17.0 Å². The van der Waals surface area contributed by atoms with Crippen LogP contribution in [0.15, 0.2) is 24.7 Å². The number of aromatic nitrogens is 2. The summed E-state index contributed by atoms with van der Waals surface area (Å²) in [4.78, 5) is 14.2. The van der Waals surface area contributed by atoms with Crippen LogP contribution < -0.4 is 0 Å². The number of aryl methyl sites for hydroxylation is 1. The van der Waals surface area contributed by atoms with Gasteiger partial charge in [-0.05, 0) is 13.0 Å². The highest BCUT2D eigenvalue weighted by Gasteiger charge is 2.16. The molecule has 0 radical (unpaired) electrons. The molecule has 0 N–H and O–H groups in total. The average molecular weight is 177 g/mol. The quantitative estimate of drug-likeness (QED) is 0.490. The third-order valence-electron chi connectivity index (χ3n) is 1.92. The zero-order chi connectivity index (χ0) is 9.42. The Morgan fingerprint density at radius 1 is 1.54 bits per heavy atom. The minimum Gasteiger partial charge on any atom is -0.301 e. The van der Waals surface area contributed by atoms with Gasteiger partial charge >= 0.3 is 5.69 Å². The number of pyridine rings is 1. The highest BCUT2D eigenvalue weighted by Crippen LogP contribution is 2.21. The van der Waals surface area contributed by atoms with Gasteiger partial charge in [0.05, 0.1) is 4.92 Å². The summed E-state index contributed by atoms with van der Waals surface area (Å²) in [6.07, 6.45) is 4.98. The Hall–Kier alpha value is -1.91. The summed E-state index contributed by atoms with van der Waals surface area (Å²) >= 11 is 0. The molecule has 5 nitrogen and oxygen atoms in total. The molecule has 0 amide bonds. The standard InChI is InChI=1S/C8H7N3O2/c1-6-2-4-10-5-3-9-8(10)7(6)11(12)13/h2-5H,1H3. The van der Waals surface area contributed by atoms with Crippen LogP contribution in [0.5, 0.6) is 0 Å². The predicted octanol–water partition coefficient (Wildman–Crippen LogP) is 1.55. The van der Waals surface area contributed by atoms with E-state index in [1.54, 1.807) is 36.0 Å². The van der Waals surface area contributed by atoms with Crippen molar-refractivity contribution in [2.45, 2.75) is 6.92 Å². The topological polar surface area (TPSA) is 60.4 Å². The van der Waals surface area contributed by atoms with Crippen LogP contribution in [-0.2, 0) is 0 Å². The van der Waals surface area contributed by atoms with Crippen LogP contribution in [0.2, 0.25) is 0 Å². The number of hydrogen-bond donors (Lipinski definition) is 0. The van der Waals surface area contributed by atoms with Gasteiger partial charge < -0.3 is 4.40 Å². The molecule has 2 heterocycles. The zero-order valence-electron chi connectivity index (χ0n) is 6.97. The molecule has 0 spiro atoms. The molecule has 5 heteroatoms. The fraction of sp³-hybridized carbons (Fsp3) is 0.125. The largest absolute Gasteiger partial charge is 0.315 e. The number of hydrogen-bond acceptors (Lipinski definition) is 3. The third kappa shape index (κ3) is 1.05. The van der Waals surface area contributed by atoms with Gasteiger partial charge in [-0.1, -0.05) is 0 Å². The molecule has 0 aliphatic rings. The highest BCUT2D eigenvalue weighted by molar-refractivity contribution is 5.63. The van der Waals surface area contributed by atoms with Crippen molar-refractivity contribution in [1.29, 1.82) is 0 Å². The average Bonchev–Trinajstić information content (AvgIpc) is 2.50. The molecular formula is C8H7N3O2. The SMILES string of the molecule is Cc1ccn2ccnc2c1[N+](=O)[O-]. The molecule has 0 saturated heterocycles. The van der Waals surface area contributed by atoms with Crippen LogP contribution >= 0.6 is 0 Å². The van der Waals surface area contributed by atoms with Gasteiger partial charge in [0.15, 0.2) is 0 Å². The van der Waals surface area contributed by atoms with Gasteiger partial charge in [0.2, 0.25) is 5.65 Å². The van der Waals surface area contributed by atoms with Crippen LogP contribution in [0.3, 0.4) is 0 Å². The molecule has 13 heavy (non-hydrogen) atoms. The molecule has 66 valence electrons. The number of rotatable bonds is 1. The monoisotopic (exact) mass is 177 g/mol. The Morgan fingerprint density at radius 3 is 3.00 bits per heavy atom. The number of nitrogens with zero attached hydrogens (tertiary/aromatic N) is 3. The van der Waals surface area contributed by atoms with E-state index >= 15 is 0 Å². The molecule has 0 aliphatic heterocycles. The fourth-order valence-corrected chi connectivity index (χ4v) is 1.29. The van der Waals surface area contributed by atoms with Crippen molar-refractivity contribution >= 4 is 11.3 Å². The van der Waals surface area contributed by atoms with Gasteiger partial charge in [0.1, 0.15) is 0 Å². The van der Waals surface area contributed by atoms with E-state index in [1.165, 1.54) is 0 Å². The minimum atomic E-state index is -0.405. The zero-order valence-corrected chi connectivity index (χ0v) is 6.97. The van der Waals surface area contributed by atoms with E-state index in [1.807, 2.05) is 0 Å². The molecule has 0 aromatic carbocycles. The summed E-state index contributed by atoms with van der Waals surface area (Å²) < 4.78 is 1.63. The Labute approximate surface area is 73.8 Å². The van der Waals surface area contributed by atoms with Crippen molar-refractivity contribution in [3.8, 4) is 0 Å². The molecule has 0 fully saturated rings. The van der Waals surface area contributed by atoms with Gasteiger partial charge in [-0.2, -0.15) is 0 Å². The molecule has 0 saturated carbocycles. The first kappa shape index (κ1) is 7.72. The smallest absolute Gasteiger partial charge is 0.301 e. The van der Waals surface area contributed by atoms with E-state index in [0.717, 1.165) is 0 Å². The maximum absolute atomic E-state index is 10.7. The second kappa shape index (κ2) is 2.55. The van der Waals surface area contributed by atoms with Crippen molar-refractivity contribution in [1.82, 2.24) is 9.38 Å². The lowest BCUT2D eigenvalue weighted by Gasteiger charge is -1.98. The first-order valence-electron chi connectivity index (χ1n) is 3.77. The molecule has 0 aliphatic carbocycles. The Bertz CT molecular complexity index is 475. The second-order valence-electron chi connectivity index (χ2n) is 2.76. The number of imidazole rings is 1. The summed E-state index contributed by atoms with van der Waals surface area (Å²) in [7, 11) is 0. The summed E-state index contributed by atoms with van der Waals surface area (Å²) in [6.45, 7) is 1.70. The third-order valence-corrected chi connectivity index (χ3v) is 1.92. The molecule has 2 aromatic heterocycles. The number of nitro groups is 1. The van der Waals surface area contributed by atoms with Gasteiger partial charge in [0.25, 0.3) is 0 Å². The Kier molecular flexibility index (Phi) is 1.51. The van der Waals surface area contributed by atoms with Crippen LogP contribution in [0.25, 0.3) is 5.65 Å². The van der Waals surface area contributed by atoms with Crippen molar-refractivity contribution in [2.75, 3.05) is 0 Å². The van der Waals surface area contributed by atoms with Gasteiger partial charge in [-0.3, -0.25) is 10.1 Å². The van der Waals surface area contributed by atoms with E-state index in [-0.39, 0.29) is 5.69 Å². The van der Waals surface area contributed by atoms with Crippen LogP contribution in [0.4, 0.5) is 5.69 Å². The highest BCUT2D eigenvalue weighted by atomic mass is 16.6. The lowest BCUT2D eigenvalue weighted by molar-refractivity contribution is -0.384. The van der Waals surface area contributed by atoms with E-state index < -0.39 is 4.92 Å². The first-order valence-corrected chi connectivity index (χ1v) is 3.77. The van der Waals surface area contributed by atoms with Crippen LogP contribution in [0.1, 0.15) is 5.56 Å². The lowest BCUT2D eigenvalue weighted by Crippen LogP contribution is -1.96. The molecule has 0 atom stereocenters. The normalized spacial score (nSPS) is 10.5. The minimum absolute atomic E-state index is 0.0764. The summed E-state index contributed by atoms with van der Waals surface area (Å²) in [5.74, 6) is 0. The van der Waals surface area contributed by atoms with E-state index in [0.29, 0.717) is 11.2 Å². The summed E-state index contributed by atoms with van der Waals surface area (Å²) in [6, 6.07) is 1.70. The van der Waals surface area contributed by atoms with Crippen LogP contribution in [-0.4, -0.2) is 14.3 Å². The van der Waals surface area contributed by atoms with E-state index in [9.17, 15) is 10.1 Å². The van der Waals surface area contributed by atoms with Gasteiger partial charge in [0, 0.05) is 24.2 Å². The molecule has 2 aromatic rings. The Balaban J connectivity index is 2.88. The first-order chi connectivity index (χ1) is 6.20. The molecule has 0 bridgehead atoms. The van der Waals surface area contributed by atoms with E-state index in [2.05, 4.69) is 4.98 Å². The molecular weight excluding hydrogens is 170 g/mol. The lowest BCUT2D eigenvalue weighted by atomic mass is 10.2.